The van der Waals surface area contributed by atoms with Crippen molar-refractivity contribution >= 4 is 53.3 Å². The number of hydrogen-bond donors (Lipinski definition) is 1. The molecule has 2 aromatic rings. The van der Waals surface area contributed by atoms with E-state index in [-0.39, 0.29) is 22.1 Å². The average molecular weight is 489 g/mol. The van der Waals surface area contributed by atoms with Gasteiger partial charge in [-0.3, -0.25) is 9.52 Å². The van der Waals surface area contributed by atoms with E-state index in [0.29, 0.717) is 14.5 Å². The Hall–Kier alpha value is -2.11. The summed E-state index contributed by atoms with van der Waals surface area (Å²) in [6.45, 7) is 1.51. The lowest BCUT2D eigenvalue weighted by Crippen LogP contribution is -2.30. The number of halogens is 1. The molecule has 0 aromatic heterocycles. The lowest BCUT2D eigenvalue weighted by atomic mass is 10.2. The van der Waals surface area contributed by atoms with E-state index in [0.717, 1.165) is 6.07 Å². The summed E-state index contributed by atoms with van der Waals surface area (Å²) < 4.78 is 59.3. The normalized spacial score (nSPS) is 18.9. The summed E-state index contributed by atoms with van der Waals surface area (Å²) in [6.07, 6.45) is 0. The number of benzene rings is 2. The number of carbonyl (C=O) groups is 1. The quantitative estimate of drug-likeness (QED) is 0.692. The molecule has 2 aromatic carbocycles. The van der Waals surface area contributed by atoms with Crippen molar-refractivity contribution < 1.29 is 26.4 Å². The van der Waals surface area contributed by atoms with Crippen molar-refractivity contribution in [2.24, 2.45) is 5.92 Å². The fraction of sp³-hybridized carbons (Fsp3) is 0.235. The third-order valence-electron chi connectivity index (χ3n) is 4.15. The zero-order valence-corrected chi connectivity index (χ0v) is 18.1. The second kappa shape index (κ2) is 7.37. The molecule has 0 aliphatic carbocycles. The number of sulfonamides is 2. The Labute approximate surface area is 171 Å². The van der Waals surface area contributed by atoms with E-state index in [9.17, 15) is 21.6 Å². The summed E-state index contributed by atoms with van der Waals surface area (Å²) in [5, 5.41) is 0. The van der Waals surface area contributed by atoms with Gasteiger partial charge in [-0.25, -0.2) is 21.1 Å². The van der Waals surface area contributed by atoms with E-state index in [1.807, 2.05) is 0 Å². The molecule has 150 valence electrons. The second-order valence-electron chi connectivity index (χ2n) is 6.20. The third-order valence-corrected chi connectivity index (χ3v) is 8.10. The molecule has 0 bridgehead atoms. The molecule has 0 unspecified atom stereocenters. The molecule has 1 saturated heterocycles. The predicted molar refractivity (Wildman–Crippen MR) is 108 cm³/mol. The van der Waals surface area contributed by atoms with Crippen molar-refractivity contribution in [3.8, 4) is 5.75 Å². The van der Waals surface area contributed by atoms with Crippen LogP contribution in [0.1, 0.15) is 6.92 Å². The summed E-state index contributed by atoms with van der Waals surface area (Å²) in [7, 11) is -6.70. The summed E-state index contributed by atoms with van der Waals surface area (Å²) in [5.74, 6) is -1.62. The average Bonchev–Trinajstić information content (AvgIpc) is 2.83. The minimum atomic E-state index is -4.14. The molecule has 28 heavy (non-hydrogen) atoms. The highest BCUT2D eigenvalue weighted by molar-refractivity contribution is 9.10. The van der Waals surface area contributed by atoms with Crippen LogP contribution < -0.4 is 13.8 Å². The fourth-order valence-corrected chi connectivity index (χ4v) is 6.43. The summed E-state index contributed by atoms with van der Waals surface area (Å²) in [6, 6.07) is 10.4. The fourth-order valence-electron chi connectivity index (χ4n) is 2.83. The van der Waals surface area contributed by atoms with Crippen LogP contribution in [0.3, 0.4) is 0 Å². The summed E-state index contributed by atoms with van der Waals surface area (Å²) in [5.41, 5.74) is 0.246. The van der Waals surface area contributed by atoms with Crippen molar-refractivity contribution in [3.05, 3.63) is 46.9 Å². The zero-order valence-electron chi connectivity index (χ0n) is 14.9. The van der Waals surface area contributed by atoms with Crippen molar-refractivity contribution in [1.29, 1.82) is 0 Å². The van der Waals surface area contributed by atoms with Crippen LogP contribution in [-0.4, -0.2) is 35.6 Å². The molecule has 1 atom stereocenters. The molecule has 0 radical (unpaired) electrons. The minimum Gasteiger partial charge on any atom is -0.495 e. The predicted octanol–water partition coefficient (Wildman–Crippen LogP) is 2.57. The van der Waals surface area contributed by atoms with E-state index in [2.05, 4.69) is 20.7 Å². The van der Waals surface area contributed by atoms with Gasteiger partial charge in [0.25, 0.3) is 10.0 Å². The van der Waals surface area contributed by atoms with Crippen molar-refractivity contribution in [3.63, 3.8) is 0 Å². The molecule has 3 rings (SSSR count). The van der Waals surface area contributed by atoms with Gasteiger partial charge in [-0.1, -0.05) is 19.1 Å². The van der Waals surface area contributed by atoms with Crippen molar-refractivity contribution in [2.75, 3.05) is 21.9 Å². The van der Waals surface area contributed by atoms with Gasteiger partial charge in [0.1, 0.15) is 10.6 Å². The molecule has 1 aliphatic rings. The molecule has 0 saturated carbocycles. The first-order valence-corrected chi connectivity index (χ1v) is 12.0. The second-order valence-corrected chi connectivity index (χ2v) is 10.6. The lowest BCUT2D eigenvalue weighted by Gasteiger charge is -2.18. The SMILES string of the molecule is COc1ccc(N2C(=O)[C@@H](C)CS2(=O)=O)cc1S(=O)(=O)Nc1ccccc1Br. The maximum atomic E-state index is 12.9. The van der Waals surface area contributed by atoms with E-state index in [4.69, 9.17) is 4.74 Å². The highest BCUT2D eigenvalue weighted by Crippen LogP contribution is 2.35. The number of para-hydroxylation sites is 1. The first-order chi connectivity index (χ1) is 13.1. The van der Waals surface area contributed by atoms with Gasteiger partial charge < -0.3 is 4.74 Å². The zero-order chi connectivity index (χ0) is 20.7. The monoisotopic (exact) mass is 488 g/mol. The molecular weight excluding hydrogens is 472 g/mol. The molecule has 8 nitrogen and oxygen atoms in total. The summed E-state index contributed by atoms with van der Waals surface area (Å²) >= 11 is 3.26. The number of anilines is 2. The molecule has 1 fully saturated rings. The Balaban J connectivity index is 2.10. The molecular formula is C17H17BrN2O6S2. The minimum absolute atomic E-state index is 0.0143. The Kier molecular flexibility index (Phi) is 5.43. The van der Waals surface area contributed by atoms with Gasteiger partial charge in [0, 0.05) is 4.47 Å². The van der Waals surface area contributed by atoms with E-state index in [1.54, 1.807) is 24.3 Å². The molecule has 11 heteroatoms. The molecule has 1 aliphatic heterocycles. The Morgan fingerprint density at radius 2 is 1.89 bits per heavy atom. The van der Waals surface area contributed by atoms with Crippen LogP contribution >= 0.6 is 15.9 Å². The van der Waals surface area contributed by atoms with Gasteiger partial charge in [0.2, 0.25) is 15.9 Å². The van der Waals surface area contributed by atoms with Gasteiger partial charge in [0.15, 0.2) is 0 Å². The van der Waals surface area contributed by atoms with Gasteiger partial charge in [0.05, 0.1) is 30.2 Å². The standard InChI is InChI=1S/C17H17BrN2O6S2/c1-11-10-27(22,23)20(17(11)21)12-7-8-15(26-2)16(9-12)28(24,25)19-14-6-4-3-5-13(14)18/h3-9,11,19H,10H2,1-2H3/t11-/m0/s1. The number of ether oxygens (including phenoxy) is 1. The smallest absolute Gasteiger partial charge is 0.265 e. The van der Waals surface area contributed by atoms with Crippen LogP contribution in [0.25, 0.3) is 0 Å². The number of carbonyl (C=O) groups excluding carboxylic acids is 1. The summed E-state index contributed by atoms with van der Waals surface area (Å²) in [4.78, 5) is 12.0. The van der Waals surface area contributed by atoms with Crippen LogP contribution in [0.4, 0.5) is 11.4 Å². The molecule has 0 spiro atoms. The topological polar surface area (TPSA) is 110 Å². The third kappa shape index (κ3) is 3.74. The molecule has 1 heterocycles. The van der Waals surface area contributed by atoms with Gasteiger partial charge in [-0.2, -0.15) is 0 Å². The van der Waals surface area contributed by atoms with Crippen molar-refractivity contribution in [1.82, 2.24) is 0 Å². The number of amides is 1. The first kappa shape index (κ1) is 20.6. The maximum Gasteiger partial charge on any atom is 0.265 e. The van der Waals surface area contributed by atoms with E-state index >= 15 is 0 Å². The molecule has 1 N–H and O–H groups in total. The largest absolute Gasteiger partial charge is 0.495 e. The number of hydrogen-bond acceptors (Lipinski definition) is 6. The van der Waals surface area contributed by atoms with Crippen LogP contribution in [0, 0.1) is 5.92 Å². The van der Waals surface area contributed by atoms with Crippen LogP contribution in [0.5, 0.6) is 5.75 Å². The highest BCUT2D eigenvalue weighted by Gasteiger charge is 2.42. The van der Waals surface area contributed by atoms with Crippen LogP contribution in [0.15, 0.2) is 51.8 Å². The number of rotatable bonds is 5. The van der Waals surface area contributed by atoms with E-state index < -0.39 is 31.9 Å². The van der Waals surface area contributed by atoms with Crippen LogP contribution in [-0.2, 0) is 24.8 Å². The first-order valence-electron chi connectivity index (χ1n) is 8.09. The Bertz CT molecular complexity index is 1150. The Morgan fingerprint density at radius 1 is 1.21 bits per heavy atom. The number of nitrogens with zero attached hydrogens (tertiary/aromatic N) is 1. The number of methoxy groups -OCH3 is 1. The van der Waals surface area contributed by atoms with Gasteiger partial charge in [-0.05, 0) is 46.3 Å². The van der Waals surface area contributed by atoms with Crippen molar-refractivity contribution in [2.45, 2.75) is 11.8 Å². The highest BCUT2D eigenvalue weighted by atomic mass is 79.9. The maximum absolute atomic E-state index is 12.9. The lowest BCUT2D eigenvalue weighted by molar-refractivity contribution is -0.119. The Morgan fingerprint density at radius 3 is 2.46 bits per heavy atom. The van der Waals surface area contributed by atoms with Gasteiger partial charge in [-0.15, -0.1) is 0 Å². The number of nitrogens with one attached hydrogen (secondary N) is 1. The van der Waals surface area contributed by atoms with Gasteiger partial charge >= 0.3 is 0 Å². The van der Waals surface area contributed by atoms with Crippen LogP contribution in [0.2, 0.25) is 0 Å². The molecule has 1 amide bonds. The van der Waals surface area contributed by atoms with E-state index in [1.165, 1.54) is 26.2 Å².